The molecule has 0 aliphatic carbocycles. The highest BCUT2D eigenvalue weighted by atomic mass is 79.9. The van der Waals surface area contributed by atoms with E-state index < -0.39 is 11.7 Å². The van der Waals surface area contributed by atoms with Crippen LogP contribution in [0.3, 0.4) is 0 Å². The normalized spacial score (nSPS) is 15.2. The molecule has 0 spiro atoms. The Morgan fingerprint density at radius 2 is 1.53 bits per heavy atom. The standard InChI is InChI=1S/C21H22BrF3N2O3/c1-29-17-11-15(12-18(30-2)19(17)22)20(28)27-9-7-26(8-10-27)13-14-3-5-16(6-4-14)21(23,24)25/h3-6,11-12H,7-10,13H2,1-2H3. The molecule has 30 heavy (non-hydrogen) atoms. The Morgan fingerprint density at radius 3 is 2.00 bits per heavy atom. The molecule has 1 aliphatic rings. The summed E-state index contributed by atoms with van der Waals surface area (Å²) in [4.78, 5) is 16.8. The van der Waals surface area contributed by atoms with Crippen LogP contribution >= 0.6 is 15.9 Å². The molecule has 0 bridgehead atoms. The molecule has 1 amide bonds. The average Bonchev–Trinajstić information content (AvgIpc) is 2.73. The minimum Gasteiger partial charge on any atom is -0.495 e. The van der Waals surface area contributed by atoms with Gasteiger partial charge in [-0.2, -0.15) is 13.2 Å². The summed E-state index contributed by atoms with van der Waals surface area (Å²) in [5, 5.41) is 0. The van der Waals surface area contributed by atoms with Gasteiger partial charge in [0.1, 0.15) is 16.0 Å². The van der Waals surface area contributed by atoms with Crippen LogP contribution in [0.4, 0.5) is 13.2 Å². The van der Waals surface area contributed by atoms with Crippen LogP contribution < -0.4 is 9.47 Å². The lowest BCUT2D eigenvalue weighted by molar-refractivity contribution is -0.137. The van der Waals surface area contributed by atoms with E-state index in [1.54, 1.807) is 17.0 Å². The van der Waals surface area contributed by atoms with Crippen LogP contribution in [-0.4, -0.2) is 56.1 Å². The lowest BCUT2D eigenvalue weighted by Crippen LogP contribution is -2.48. The third-order valence-electron chi connectivity index (χ3n) is 5.04. The van der Waals surface area contributed by atoms with Gasteiger partial charge in [-0.25, -0.2) is 0 Å². The minimum absolute atomic E-state index is 0.117. The zero-order valence-corrected chi connectivity index (χ0v) is 18.2. The Morgan fingerprint density at radius 1 is 1.00 bits per heavy atom. The van der Waals surface area contributed by atoms with Crippen LogP contribution in [0.15, 0.2) is 40.9 Å². The van der Waals surface area contributed by atoms with Gasteiger partial charge in [-0.3, -0.25) is 9.69 Å². The number of piperazine rings is 1. The van der Waals surface area contributed by atoms with Crippen LogP contribution in [0.2, 0.25) is 0 Å². The van der Waals surface area contributed by atoms with Crippen LogP contribution in [0.25, 0.3) is 0 Å². The van der Waals surface area contributed by atoms with Crippen molar-refractivity contribution in [3.63, 3.8) is 0 Å². The van der Waals surface area contributed by atoms with E-state index in [4.69, 9.17) is 9.47 Å². The van der Waals surface area contributed by atoms with Crippen LogP contribution in [0.5, 0.6) is 11.5 Å². The van der Waals surface area contributed by atoms with Crippen molar-refractivity contribution in [3.8, 4) is 11.5 Å². The number of nitrogens with zero attached hydrogens (tertiary/aromatic N) is 2. The molecule has 0 atom stereocenters. The number of amides is 1. The Hall–Kier alpha value is -2.26. The molecule has 0 aromatic heterocycles. The second kappa shape index (κ2) is 9.26. The monoisotopic (exact) mass is 486 g/mol. The SMILES string of the molecule is COc1cc(C(=O)N2CCN(Cc3ccc(C(F)(F)F)cc3)CC2)cc(OC)c1Br. The smallest absolute Gasteiger partial charge is 0.416 e. The van der Waals surface area contributed by atoms with E-state index in [0.717, 1.165) is 17.7 Å². The Bertz CT molecular complexity index is 870. The van der Waals surface area contributed by atoms with E-state index in [0.29, 0.717) is 54.3 Å². The van der Waals surface area contributed by atoms with Crippen molar-refractivity contribution in [1.82, 2.24) is 9.80 Å². The van der Waals surface area contributed by atoms with Crippen molar-refractivity contribution in [2.24, 2.45) is 0 Å². The van der Waals surface area contributed by atoms with Crippen molar-refractivity contribution in [1.29, 1.82) is 0 Å². The molecule has 5 nitrogen and oxygen atoms in total. The quantitative estimate of drug-likeness (QED) is 0.626. The topological polar surface area (TPSA) is 42.0 Å². The molecule has 0 saturated carbocycles. The van der Waals surface area contributed by atoms with Gasteiger partial charge in [0.15, 0.2) is 0 Å². The molecule has 3 rings (SSSR count). The lowest BCUT2D eigenvalue weighted by atomic mass is 10.1. The summed E-state index contributed by atoms with van der Waals surface area (Å²) in [7, 11) is 3.04. The molecule has 0 radical (unpaired) electrons. The van der Waals surface area contributed by atoms with Crippen molar-refractivity contribution in [3.05, 3.63) is 57.6 Å². The van der Waals surface area contributed by atoms with Crippen molar-refractivity contribution >= 4 is 21.8 Å². The van der Waals surface area contributed by atoms with E-state index in [1.165, 1.54) is 26.4 Å². The molecule has 0 unspecified atom stereocenters. The number of rotatable bonds is 5. The summed E-state index contributed by atoms with van der Waals surface area (Å²) in [6.07, 6.45) is -4.33. The van der Waals surface area contributed by atoms with E-state index >= 15 is 0 Å². The molecule has 1 saturated heterocycles. The second-order valence-corrected chi connectivity index (χ2v) is 7.75. The molecular formula is C21H22BrF3N2O3. The third kappa shape index (κ3) is 5.07. The molecule has 162 valence electrons. The predicted octanol–water partition coefficient (Wildman–Crippen LogP) is 4.44. The fourth-order valence-corrected chi connectivity index (χ4v) is 3.89. The second-order valence-electron chi connectivity index (χ2n) is 6.96. The van der Waals surface area contributed by atoms with Gasteiger partial charge in [0.25, 0.3) is 5.91 Å². The first-order valence-corrected chi connectivity index (χ1v) is 10.1. The summed E-state index contributed by atoms with van der Waals surface area (Å²) in [5.74, 6) is 0.908. The van der Waals surface area contributed by atoms with Crippen molar-refractivity contribution in [2.75, 3.05) is 40.4 Å². The third-order valence-corrected chi connectivity index (χ3v) is 5.82. The number of carbonyl (C=O) groups is 1. The van der Waals surface area contributed by atoms with Gasteiger partial charge >= 0.3 is 6.18 Å². The van der Waals surface area contributed by atoms with E-state index in [1.807, 2.05) is 0 Å². The first-order chi connectivity index (χ1) is 14.2. The largest absolute Gasteiger partial charge is 0.495 e. The Labute approximate surface area is 181 Å². The maximum atomic E-state index is 12.9. The number of hydrogen-bond donors (Lipinski definition) is 0. The van der Waals surface area contributed by atoms with E-state index in [-0.39, 0.29) is 5.91 Å². The highest BCUT2D eigenvalue weighted by Gasteiger charge is 2.30. The van der Waals surface area contributed by atoms with Gasteiger partial charge in [-0.05, 0) is 45.8 Å². The first kappa shape index (κ1) is 22.4. The molecule has 0 N–H and O–H groups in total. The summed E-state index contributed by atoms with van der Waals surface area (Å²) < 4.78 is 49.3. The number of methoxy groups -OCH3 is 2. The van der Waals surface area contributed by atoms with E-state index in [2.05, 4.69) is 20.8 Å². The maximum Gasteiger partial charge on any atom is 0.416 e. The number of hydrogen-bond acceptors (Lipinski definition) is 4. The number of halogens is 4. The first-order valence-electron chi connectivity index (χ1n) is 9.32. The summed E-state index contributed by atoms with van der Waals surface area (Å²) in [5.41, 5.74) is 0.635. The minimum atomic E-state index is -4.33. The molecule has 2 aromatic carbocycles. The summed E-state index contributed by atoms with van der Waals surface area (Å²) >= 11 is 3.39. The van der Waals surface area contributed by atoms with Gasteiger partial charge in [0.05, 0.1) is 19.8 Å². The number of benzene rings is 2. The number of ether oxygens (including phenoxy) is 2. The van der Waals surface area contributed by atoms with Crippen LogP contribution in [0, 0.1) is 0 Å². The van der Waals surface area contributed by atoms with Gasteiger partial charge in [-0.15, -0.1) is 0 Å². The van der Waals surface area contributed by atoms with Crippen LogP contribution in [0.1, 0.15) is 21.5 Å². The summed E-state index contributed by atoms with van der Waals surface area (Å²) in [6, 6.07) is 8.54. The van der Waals surface area contributed by atoms with E-state index in [9.17, 15) is 18.0 Å². The highest BCUT2D eigenvalue weighted by Crippen LogP contribution is 2.36. The van der Waals surface area contributed by atoms with Crippen LogP contribution in [-0.2, 0) is 12.7 Å². The molecule has 1 fully saturated rings. The summed E-state index contributed by atoms with van der Waals surface area (Å²) in [6.45, 7) is 2.87. The fourth-order valence-electron chi connectivity index (χ4n) is 3.34. The Balaban J connectivity index is 1.61. The number of alkyl halides is 3. The van der Waals surface area contributed by atoms with Gasteiger partial charge in [-0.1, -0.05) is 12.1 Å². The average molecular weight is 487 g/mol. The van der Waals surface area contributed by atoms with Crippen molar-refractivity contribution < 1.29 is 27.4 Å². The Kier molecular flexibility index (Phi) is 6.92. The van der Waals surface area contributed by atoms with Gasteiger partial charge in [0, 0.05) is 38.3 Å². The van der Waals surface area contributed by atoms with Crippen molar-refractivity contribution in [2.45, 2.75) is 12.7 Å². The molecule has 1 heterocycles. The van der Waals surface area contributed by atoms with Gasteiger partial charge in [0.2, 0.25) is 0 Å². The zero-order chi connectivity index (χ0) is 21.9. The number of carbonyl (C=O) groups excluding carboxylic acids is 1. The van der Waals surface area contributed by atoms with Gasteiger partial charge < -0.3 is 14.4 Å². The predicted molar refractivity (Wildman–Crippen MR) is 110 cm³/mol. The zero-order valence-electron chi connectivity index (χ0n) is 16.6. The molecular weight excluding hydrogens is 465 g/mol. The lowest BCUT2D eigenvalue weighted by Gasteiger charge is -2.35. The maximum absolute atomic E-state index is 12.9. The molecule has 9 heteroatoms. The molecule has 2 aromatic rings. The molecule has 1 aliphatic heterocycles. The highest BCUT2D eigenvalue weighted by molar-refractivity contribution is 9.10. The fraction of sp³-hybridized carbons (Fsp3) is 0.381.